The predicted molar refractivity (Wildman–Crippen MR) is 51.5 cm³/mol. The average molecular weight is 242 g/mol. The third kappa shape index (κ3) is 1.57. The quantitative estimate of drug-likeness (QED) is 0.855. The van der Waals surface area contributed by atoms with Crippen molar-refractivity contribution in [3.05, 3.63) is 28.6 Å². The minimum absolute atomic E-state index is 0.124. The van der Waals surface area contributed by atoms with Gasteiger partial charge in [-0.25, -0.2) is 9.50 Å². The van der Waals surface area contributed by atoms with Crippen molar-refractivity contribution in [2.24, 2.45) is 0 Å². The van der Waals surface area contributed by atoms with E-state index in [2.05, 4.69) is 26.0 Å². The fourth-order valence-electron chi connectivity index (χ4n) is 1.26. The molecule has 2 rings (SSSR count). The third-order valence-electron chi connectivity index (χ3n) is 1.80. The van der Waals surface area contributed by atoms with Gasteiger partial charge in [-0.1, -0.05) is 0 Å². The number of pyridine rings is 1. The average Bonchev–Trinajstić information content (AvgIpc) is 2.52. The van der Waals surface area contributed by atoms with Crippen molar-refractivity contribution in [2.45, 2.75) is 6.42 Å². The van der Waals surface area contributed by atoms with E-state index in [1.165, 1.54) is 6.33 Å². The first-order valence-corrected chi connectivity index (χ1v) is 4.69. The van der Waals surface area contributed by atoms with Crippen molar-refractivity contribution in [3.8, 4) is 0 Å². The van der Waals surface area contributed by atoms with Crippen molar-refractivity contribution < 1.29 is 5.11 Å². The van der Waals surface area contributed by atoms with Gasteiger partial charge in [-0.05, 0) is 28.4 Å². The molecule has 0 aliphatic carbocycles. The Morgan fingerprint density at radius 1 is 1.54 bits per heavy atom. The van der Waals surface area contributed by atoms with E-state index in [-0.39, 0.29) is 6.61 Å². The summed E-state index contributed by atoms with van der Waals surface area (Å²) in [6, 6.07) is 1.94. The van der Waals surface area contributed by atoms with E-state index in [9.17, 15) is 0 Å². The lowest BCUT2D eigenvalue weighted by Crippen LogP contribution is -1.97. The lowest BCUT2D eigenvalue weighted by Gasteiger charge is -2.01. The summed E-state index contributed by atoms with van der Waals surface area (Å²) in [6.07, 6.45) is 3.94. The Labute approximate surface area is 83.3 Å². The Balaban J connectivity index is 2.63. The van der Waals surface area contributed by atoms with Crippen LogP contribution in [0.2, 0.25) is 0 Å². The molecule has 0 bridgehead atoms. The van der Waals surface area contributed by atoms with Crippen LogP contribution in [0, 0.1) is 0 Å². The first-order valence-electron chi connectivity index (χ1n) is 3.90. The highest BCUT2D eigenvalue weighted by Crippen LogP contribution is 2.15. The topological polar surface area (TPSA) is 50.4 Å². The summed E-state index contributed by atoms with van der Waals surface area (Å²) in [5.41, 5.74) is 1.80. The second-order valence-corrected chi connectivity index (χ2v) is 3.60. The highest BCUT2D eigenvalue weighted by Gasteiger charge is 2.04. The zero-order valence-corrected chi connectivity index (χ0v) is 8.40. The van der Waals surface area contributed by atoms with Gasteiger partial charge in [-0.2, -0.15) is 5.10 Å². The number of aliphatic hydroxyl groups is 1. The van der Waals surface area contributed by atoms with E-state index in [0.29, 0.717) is 6.42 Å². The van der Waals surface area contributed by atoms with E-state index in [4.69, 9.17) is 5.11 Å². The lowest BCUT2D eigenvalue weighted by molar-refractivity contribution is 0.300. The van der Waals surface area contributed by atoms with Crippen LogP contribution in [-0.4, -0.2) is 26.3 Å². The number of nitrogens with zero attached hydrogens (tertiary/aromatic N) is 3. The Morgan fingerprint density at radius 3 is 3.15 bits per heavy atom. The van der Waals surface area contributed by atoms with Crippen molar-refractivity contribution >= 4 is 21.6 Å². The molecule has 4 nitrogen and oxygen atoms in total. The number of hydrogen-bond donors (Lipinski definition) is 1. The Bertz CT molecular complexity index is 426. The Hall–Kier alpha value is -0.940. The molecule has 0 aromatic carbocycles. The molecule has 5 heteroatoms. The molecule has 2 aromatic rings. The Kier molecular flexibility index (Phi) is 2.28. The number of fused-ring (bicyclic) bond motifs is 1. The molecule has 0 atom stereocenters. The standard InChI is InChI=1S/C8H8BrN3O/c9-7-3-6(1-2-13)8-10-5-11-12(8)4-7/h3-5,13H,1-2H2. The van der Waals surface area contributed by atoms with Gasteiger partial charge >= 0.3 is 0 Å². The summed E-state index contributed by atoms with van der Waals surface area (Å²) in [7, 11) is 0. The summed E-state index contributed by atoms with van der Waals surface area (Å²) < 4.78 is 2.63. The van der Waals surface area contributed by atoms with Gasteiger partial charge in [0.15, 0.2) is 5.65 Å². The lowest BCUT2D eigenvalue weighted by atomic mass is 10.2. The number of halogens is 1. The first-order chi connectivity index (χ1) is 6.31. The van der Waals surface area contributed by atoms with Gasteiger partial charge in [-0.3, -0.25) is 0 Å². The monoisotopic (exact) mass is 241 g/mol. The van der Waals surface area contributed by atoms with Crippen molar-refractivity contribution in [1.82, 2.24) is 14.6 Å². The van der Waals surface area contributed by atoms with Crippen LogP contribution in [-0.2, 0) is 6.42 Å². The summed E-state index contributed by atoms with van der Waals surface area (Å²) in [5.74, 6) is 0. The molecule has 2 aromatic heterocycles. The molecule has 0 aliphatic rings. The summed E-state index contributed by atoms with van der Waals surface area (Å²) in [4.78, 5) is 4.10. The van der Waals surface area contributed by atoms with Crippen LogP contribution in [0.3, 0.4) is 0 Å². The van der Waals surface area contributed by atoms with Crippen LogP contribution in [0.1, 0.15) is 5.56 Å². The number of hydrogen-bond acceptors (Lipinski definition) is 3. The van der Waals surface area contributed by atoms with E-state index in [0.717, 1.165) is 15.7 Å². The van der Waals surface area contributed by atoms with E-state index in [1.807, 2.05) is 12.3 Å². The van der Waals surface area contributed by atoms with Gasteiger partial charge in [-0.15, -0.1) is 0 Å². The third-order valence-corrected chi connectivity index (χ3v) is 2.23. The minimum atomic E-state index is 0.124. The zero-order chi connectivity index (χ0) is 9.26. The van der Waals surface area contributed by atoms with Gasteiger partial charge in [0.05, 0.1) is 0 Å². The van der Waals surface area contributed by atoms with Crippen LogP contribution in [0.5, 0.6) is 0 Å². The second kappa shape index (κ2) is 3.43. The van der Waals surface area contributed by atoms with Crippen LogP contribution in [0.15, 0.2) is 23.1 Å². The molecule has 0 unspecified atom stereocenters. The van der Waals surface area contributed by atoms with Gasteiger partial charge in [0.2, 0.25) is 0 Å². The van der Waals surface area contributed by atoms with Crippen LogP contribution in [0.25, 0.3) is 5.65 Å². The number of rotatable bonds is 2. The molecule has 0 amide bonds. The van der Waals surface area contributed by atoms with Crippen molar-refractivity contribution in [3.63, 3.8) is 0 Å². The maximum absolute atomic E-state index is 8.83. The molecule has 0 fully saturated rings. The van der Waals surface area contributed by atoms with Gasteiger partial charge in [0.1, 0.15) is 6.33 Å². The largest absolute Gasteiger partial charge is 0.396 e. The minimum Gasteiger partial charge on any atom is -0.396 e. The zero-order valence-electron chi connectivity index (χ0n) is 6.81. The summed E-state index contributed by atoms with van der Waals surface area (Å²) >= 11 is 3.37. The molecule has 68 valence electrons. The molecule has 0 radical (unpaired) electrons. The highest BCUT2D eigenvalue weighted by molar-refractivity contribution is 9.10. The SMILES string of the molecule is OCCc1cc(Br)cn2ncnc12. The number of aliphatic hydroxyl groups excluding tert-OH is 1. The Morgan fingerprint density at radius 2 is 2.38 bits per heavy atom. The van der Waals surface area contributed by atoms with Crippen LogP contribution >= 0.6 is 15.9 Å². The fraction of sp³-hybridized carbons (Fsp3) is 0.250. The molecular formula is C8H8BrN3O. The molecule has 13 heavy (non-hydrogen) atoms. The maximum Gasteiger partial charge on any atom is 0.158 e. The highest BCUT2D eigenvalue weighted by atomic mass is 79.9. The smallest absolute Gasteiger partial charge is 0.158 e. The molecule has 1 N–H and O–H groups in total. The van der Waals surface area contributed by atoms with E-state index in [1.54, 1.807) is 4.52 Å². The fourth-order valence-corrected chi connectivity index (χ4v) is 1.73. The molecule has 0 saturated carbocycles. The normalized spacial score (nSPS) is 10.9. The van der Waals surface area contributed by atoms with Crippen LogP contribution in [0.4, 0.5) is 0 Å². The maximum atomic E-state index is 8.83. The molecule has 2 heterocycles. The second-order valence-electron chi connectivity index (χ2n) is 2.69. The summed E-state index contributed by atoms with van der Waals surface area (Å²) in [5, 5.41) is 12.9. The molecule has 0 aliphatic heterocycles. The van der Waals surface area contributed by atoms with Gasteiger partial charge in [0, 0.05) is 22.8 Å². The predicted octanol–water partition coefficient (Wildman–Crippen LogP) is 1.03. The molecule has 0 spiro atoms. The van der Waals surface area contributed by atoms with Crippen LogP contribution < -0.4 is 0 Å². The van der Waals surface area contributed by atoms with Crippen molar-refractivity contribution in [2.75, 3.05) is 6.61 Å². The first kappa shape index (κ1) is 8.65. The van der Waals surface area contributed by atoms with Gasteiger partial charge < -0.3 is 5.11 Å². The summed E-state index contributed by atoms with van der Waals surface area (Å²) in [6.45, 7) is 0.124. The van der Waals surface area contributed by atoms with E-state index >= 15 is 0 Å². The number of aromatic nitrogens is 3. The van der Waals surface area contributed by atoms with Gasteiger partial charge in [0.25, 0.3) is 0 Å². The molecular weight excluding hydrogens is 234 g/mol. The van der Waals surface area contributed by atoms with Crippen molar-refractivity contribution in [1.29, 1.82) is 0 Å². The molecule has 0 saturated heterocycles. The van der Waals surface area contributed by atoms with E-state index < -0.39 is 0 Å².